The number of likely N-dealkylation sites (tertiary alicyclic amines) is 8. The van der Waals surface area contributed by atoms with Gasteiger partial charge in [0.2, 0.25) is 88.6 Å². The van der Waals surface area contributed by atoms with Crippen LogP contribution < -0.4 is 106 Å². The van der Waals surface area contributed by atoms with Crippen molar-refractivity contribution in [1.29, 1.82) is 0 Å². The van der Waals surface area contributed by atoms with Crippen molar-refractivity contribution in [2.45, 2.75) is 309 Å². The molecular formula is C85H147N31O17. The Morgan fingerprint density at radius 2 is 0.504 bits per heavy atom. The first-order valence-corrected chi connectivity index (χ1v) is 47.5. The summed E-state index contributed by atoms with van der Waals surface area (Å²) in [5.74, 6) is -9.40. The predicted molar refractivity (Wildman–Crippen MR) is 491 cm³/mol. The Hall–Kier alpha value is -11.6. The highest BCUT2D eigenvalue weighted by Gasteiger charge is 2.49. The lowest BCUT2D eigenvalue weighted by atomic mass is 10.0. The molecule has 8 aliphatic rings. The zero-order valence-corrected chi connectivity index (χ0v) is 76.8. The first-order valence-electron chi connectivity index (χ1n) is 47.5. The van der Waals surface area contributed by atoms with E-state index in [0.29, 0.717) is 142 Å². The number of hydrogen-bond acceptors (Lipinski definition) is 24. The maximum atomic E-state index is 15.0. The Kier molecular flexibility index (Phi) is 43.3. The number of nitrogens with two attached hydrogens (primary N) is 12. The third-order valence-corrected chi connectivity index (χ3v) is 26.0. The van der Waals surface area contributed by atoms with E-state index in [1.165, 1.54) is 39.2 Å². The van der Waals surface area contributed by atoms with Gasteiger partial charge in [0.05, 0.1) is 30.6 Å². The van der Waals surface area contributed by atoms with E-state index in [4.69, 9.17) is 68.8 Å². The number of rotatable bonds is 52. The van der Waals surface area contributed by atoms with E-state index < -0.39 is 174 Å². The third-order valence-electron chi connectivity index (χ3n) is 26.0. The molecule has 48 nitrogen and oxygen atoms in total. The van der Waals surface area contributed by atoms with Gasteiger partial charge in [-0.15, -0.1) is 0 Å². The van der Waals surface area contributed by atoms with Crippen LogP contribution in [0, 0.1) is 0 Å². The van der Waals surface area contributed by atoms with Gasteiger partial charge in [-0.2, -0.15) is 0 Å². The highest BCUT2D eigenvalue weighted by molar-refractivity contribution is 5.99. The lowest BCUT2D eigenvalue weighted by Gasteiger charge is -2.32. The molecule has 0 aliphatic carbocycles. The lowest BCUT2D eigenvalue weighted by Crippen LogP contribution is -2.58. The first kappa shape index (κ1) is 107. The van der Waals surface area contributed by atoms with Crippen LogP contribution in [0.1, 0.15) is 218 Å². The number of guanidine groups is 4. The molecule has 133 heavy (non-hydrogen) atoms. The van der Waals surface area contributed by atoms with Crippen molar-refractivity contribution in [2.75, 3.05) is 105 Å². The molecule has 0 bridgehead atoms. The molecule has 744 valence electrons. The predicted octanol–water partition coefficient (Wildman–Crippen LogP) is -7.66. The summed E-state index contributed by atoms with van der Waals surface area (Å²) in [5.41, 5.74) is 69.0. The summed E-state index contributed by atoms with van der Waals surface area (Å²) in [5, 5.41) is 29.4. The third kappa shape index (κ3) is 31.8. The fourth-order valence-electron chi connectivity index (χ4n) is 19.0. The Bertz CT molecular complexity index is 4120. The molecule has 0 aromatic carbocycles. The van der Waals surface area contributed by atoms with Crippen LogP contribution in [0.25, 0.3) is 0 Å². The monoisotopic (exact) mass is 1870 g/mol. The Morgan fingerprint density at radius 3 is 0.774 bits per heavy atom. The van der Waals surface area contributed by atoms with Crippen molar-refractivity contribution < 1.29 is 81.8 Å². The normalized spacial score (nSPS) is 22.0. The van der Waals surface area contributed by atoms with Gasteiger partial charge < -0.3 is 150 Å². The highest BCUT2D eigenvalue weighted by Crippen LogP contribution is 2.32. The zero-order valence-electron chi connectivity index (χ0n) is 76.8. The smallest absolute Gasteiger partial charge is 0.305 e. The van der Waals surface area contributed by atoms with Crippen LogP contribution >= 0.6 is 0 Å². The number of carbonyl (C=O) groups excluding carboxylic acids is 15. The van der Waals surface area contributed by atoms with E-state index in [0.717, 1.165) is 0 Å². The molecule has 0 radical (unpaired) electrons. The van der Waals surface area contributed by atoms with Crippen molar-refractivity contribution in [3.8, 4) is 0 Å². The standard InChI is InChI=1S/C85H147N31O17/c86-51(19-7-38-102-82(90)91)74(126)113-47-15-30-62(113)78(130)109-43-11-26-58(109)70(122)99-36-5-2-24-56(107-72(124)60-28-13-45-111(60)80(132)64-32-17-49-115(64)76(128)53(88)21-9-40-104-84(94)95)67(119)98-35-4-1-23-55(68(120)101-42-34-66(117)118)106-69(121)57(108-73(125)61-29-14-46-112(61)81(133)65-33-18-50-116(65)77(129)54(89)22-10-41-105-85(96)97)25-3-6-37-100-71(123)59-27-12-44-110(59)79(131)63-31-16-48-114(63)75(127)52(87)20-8-39-103-83(92)93/h51-65H,1-50,86-89H2,(H,98,119)(H,99,122)(H,100,123)(H,101,120)(H,106,121)(H,107,124)(H,108,125)(H,117,118)(H4,90,91,102)(H4,92,93,103)(H4,94,95,104)(H4,96,97,105)/t51-,52-,53-,54-,55-,56-,57-,58-,59-,60-,61-,62-,63-,64-,65-/m0/s1. The van der Waals surface area contributed by atoms with Gasteiger partial charge in [0.1, 0.15) is 66.5 Å². The molecule has 15 amide bonds. The molecule has 0 spiro atoms. The Morgan fingerprint density at radius 1 is 0.271 bits per heavy atom. The molecule has 0 aromatic heterocycles. The van der Waals surface area contributed by atoms with Gasteiger partial charge in [-0.25, -0.2) is 0 Å². The summed E-state index contributed by atoms with van der Waals surface area (Å²) in [6.45, 7) is 2.78. The van der Waals surface area contributed by atoms with Gasteiger partial charge in [-0.1, -0.05) is 0 Å². The largest absolute Gasteiger partial charge is 0.481 e. The average molecular weight is 1880 g/mol. The summed E-state index contributed by atoms with van der Waals surface area (Å²) in [6.07, 6.45) is 9.71. The summed E-state index contributed by atoms with van der Waals surface area (Å²) in [6, 6.07) is -15.1. The molecule has 8 saturated heterocycles. The molecule has 8 aliphatic heterocycles. The number of aliphatic imine (C=N–C) groups is 4. The average Bonchev–Trinajstić information content (AvgIpc) is 1.68. The van der Waals surface area contributed by atoms with E-state index in [-0.39, 0.29) is 217 Å². The van der Waals surface area contributed by atoms with Crippen molar-refractivity contribution in [3.63, 3.8) is 0 Å². The van der Waals surface area contributed by atoms with E-state index >= 15 is 4.79 Å². The fraction of sp³-hybridized carbons (Fsp3) is 0.765. The van der Waals surface area contributed by atoms with Crippen LogP contribution in [0.15, 0.2) is 20.0 Å². The minimum atomic E-state index is -1.40. The molecular weight excluding hydrogens is 1730 g/mol. The van der Waals surface area contributed by atoms with Gasteiger partial charge in [-0.05, 0) is 212 Å². The number of carboxylic acids is 1. The summed E-state index contributed by atoms with van der Waals surface area (Å²) >= 11 is 0. The lowest BCUT2D eigenvalue weighted by molar-refractivity contribution is -0.147. The van der Waals surface area contributed by atoms with Gasteiger partial charge >= 0.3 is 5.97 Å². The number of carboxylic acid groups (broad SMARTS) is 1. The molecule has 32 N–H and O–H groups in total. The van der Waals surface area contributed by atoms with E-state index in [2.05, 4.69) is 57.2 Å². The van der Waals surface area contributed by atoms with Crippen LogP contribution in [0.4, 0.5) is 0 Å². The summed E-state index contributed by atoms with van der Waals surface area (Å²) in [7, 11) is 0. The van der Waals surface area contributed by atoms with Crippen LogP contribution in [-0.2, 0) is 76.7 Å². The second-order valence-electron chi connectivity index (χ2n) is 35.7. The Balaban J connectivity index is 0.942. The number of nitrogens with zero attached hydrogens (tertiary/aromatic N) is 12. The number of unbranched alkanes of at least 4 members (excludes halogenated alkanes) is 3. The maximum Gasteiger partial charge on any atom is 0.305 e. The molecule has 0 unspecified atom stereocenters. The van der Waals surface area contributed by atoms with Crippen LogP contribution in [0.3, 0.4) is 0 Å². The van der Waals surface area contributed by atoms with Crippen LogP contribution in [-0.4, -0.2) is 358 Å². The van der Waals surface area contributed by atoms with Crippen molar-refractivity contribution in [3.05, 3.63) is 0 Å². The maximum absolute atomic E-state index is 15.0. The fourth-order valence-corrected chi connectivity index (χ4v) is 19.0. The van der Waals surface area contributed by atoms with Crippen molar-refractivity contribution >= 4 is 118 Å². The SMILES string of the molecule is NC(N)=NCCC[C@H](N)C(=O)N1CCC[C@H]1C(=O)N1CCC[C@H]1C(=O)NCCCC[C@H](NC(=O)[C@@H]1CCCN1C(=O)[C@@H]1CCCN1C(=O)[C@@H](N)CCCN=C(N)N)C(=O)NCCCC[C@H](NC(=O)[C@H](CCCCNC(=O)[C@@H]1CCCN1C(=O)[C@@H]1CCCN1C(=O)[C@@H](N)CCCN=C(N)N)NC(=O)[C@@H]1CCCN1C(=O)[C@@H]1CCCN1C(=O)[C@@H](N)CCCN=C(N)N)C(=O)NCCC(=O)O. The minimum Gasteiger partial charge on any atom is -0.481 e. The molecule has 48 heteroatoms. The van der Waals surface area contributed by atoms with E-state index in [9.17, 15) is 77.0 Å². The number of amides is 15. The molecule has 0 aromatic rings. The van der Waals surface area contributed by atoms with Crippen molar-refractivity contribution in [1.82, 2.24) is 76.4 Å². The van der Waals surface area contributed by atoms with Gasteiger partial charge in [0.25, 0.3) is 0 Å². The number of hydrogen-bond donors (Lipinski definition) is 20. The highest BCUT2D eigenvalue weighted by atomic mass is 16.4. The van der Waals surface area contributed by atoms with E-state index in [1.807, 2.05) is 0 Å². The number of aliphatic carboxylic acids is 1. The second-order valence-corrected chi connectivity index (χ2v) is 35.7. The summed E-state index contributed by atoms with van der Waals surface area (Å²) in [4.78, 5) is 253. The second kappa shape index (κ2) is 54.0. The quantitative estimate of drug-likeness (QED) is 0.0153. The van der Waals surface area contributed by atoms with Crippen LogP contribution in [0.2, 0.25) is 0 Å². The van der Waals surface area contributed by atoms with E-state index in [1.54, 1.807) is 0 Å². The molecule has 15 atom stereocenters. The topological polar surface area (TPSA) is 765 Å². The van der Waals surface area contributed by atoms with Crippen molar-refractivity contribution in [2.24, 2.45) is 88.8 Å². The van der Waals surface area contributed by atoms with Gasteiger partial charge in [0, 0.05) is 105 Å². The zero-order chi connectivity index (χ0) is 97.0. The van der Waals surface area contributed by atoms with Gasteiger partial charge in [-0.3, -0.25) is 96.7 Å². The minimum absolute atomic E-state index is 0.0246. The van der Waals surface area contributed by atoms with Crippen LogP contribution in [0.5, 0.6) is 0 Å². The number of nitrogens with one attached hydrogen (secondary N) is 7. The number of carbonyl (C=O) groups is 16. The molecule has 8 fully saturated rings. The Labute approximate surface area is 775 Å². The first-order chi connectivity index (χ1) is 63.6. The summed E-state index contributed by atoms with van der Waals surface area (Å²) < 4.78 is 0. The van der Waals surface area contributed by atoms with Gasteiger partial charge in [0.15, 0.2) is 23.8 Å². The molecule has 8 heterocycles. The molecule has 8 rings (SSSR count). The molecule has 0 saturated carbocycles.